The Morgan fingerprint density at radius 3 is 2.39 bits per heavy atom. The number of likely N-dealkylation sites (tertiary alicyclic amines) is 1. The van der Waals surface area contributed by atoms with Gasteiger partial charge in [0.25, 0.3) is 5.91 Å². The lowest BCUT2D eigenvalue weighted by molar-refractivity contribution is -0.158. The van der Waals surface area contributed by atoms with E-state index < -0.39 is 42.2 Å². The molecule has 0 radical (unpaired) electrons. The smallest absolute Gasteiger partial charge is 0.326 e. The number of esters is 1. The average Bonchev–Trinajstić information content (AvgIpc) is 2.90. The SMILES string of the molecule is Cc1ccc(NC(=O)[C@@H](C)OC(=O)CN2C(=O)[C@H]3CC=CC[C@H]3C2=O)cc1F. The summed E-state index contributed by atoms with van der Waals surface area (Å²) in [5.74, 6) is -3.60. The van der Waals surface area contributed by atoms with Gasteiger partial charge in [-0.15, -0.1) is 0 Å². The Bertz CT molecular complexity index is 840. The van der Waals surface area contributed by atoms with Crippen LogP contribution >= 0.6 is 0 Å². The van der Waals surface area contributed by atoms with Gasteiger partial charge in [-0.25, -0.2) is 4.39 Å². The maximum absolute atomic E-state index is 13.6. The zero-order valence-corrected chi connectivity index (χ0v) is 15.6. The highest BCUT2D eigenvalue weighted by molar-refractivity contribution is 6.07. The molecule has 0 bridgehead atoms. The molecule has 3 rings (SSSR count). The molecule has 28 heavy (non-hydrogen) atoms. The summed E-state index contributed by atoms with van der Waals surface area (Å²) in [4.78, 5) is 49.9. The minimum absolute atomic E-state index is 0.234. The first kappa shape index (κ1) is 19.7. The molecule has 7 nitrogen and oxygen atoms in total. The van der Waals surface area contributed by atoms with Crippen molar-refractivity contribution in [3.05, 3.63) is 41.7 Å². The molecule has 1 N–H and O–H groups in total. The van der Waals surface area contributed by atoms with Gasteiger partial charge in [-0.1, -0.05) is 18.2 Å². The molecule has 8 heteroatoms. The van der Waals surface area contributed by atoms with Gasteiger partial charge in [0.1, 0.15) is 12.4 Å². The van der Waals surface area contributed by atoms with Crippen molar-refractivity contribution in [2.75, 3.05) is 11.9 Å². The molecule has 1 aliphatic carbocycles. The van der Waals surface area contributed by atoms with E-state index in [2.05, 4.69) is 5.32 Å². The number of hydrogen-bond donors (Lipinski definition) is 1. The van der Waals surface area contributed by atoms with Gasteiger partial charge in [0.05, 0.1) is 11.8 Å². The van der Waals surface area contributed by atoms with Gasteiger partial charge in [-0.05, 0) is 44.4 Å². The number of fused-ring (bicyclic) bond motifs is 1. The Morgan fingerprint density at radius 2 is 1.82 bits per heavy atom. The molecule has 1 aromatic carbocycles. The fourth-order valence-corrected chi connectivity index (χ4v) is 3.36. The number of anilines is 1. The molecule has 3 atom stereocenters. The van der Waals surface area contributed by atoms with E-state index in [0.29, 0.717) is 18.4 Å². The largest absolute Gasteiger partial charge is 0.451 e. The Labute approximate surface area is 161 Å². The van der Waals surface area contributed by atoms with Crippen molar-refractivity contribution >= 4 is 29.4 Å². The molecule has 1 heterocycles. The van der Waals surface area contributed by atoms with Crippen molar-refractivity contribution in [2.45, 2.75) is 32.8 Å². The van der Waals surface area contributed by atoms with Crippen LogP contribution in [-0.4, -0.2) is 41.2 Å². The lowest BCUT2D eigenvalue weighted by Crippen LogP contribution is -2.39. The van der Waals surface area contributed by atoms with Crippen LogP contribution in [0.1, 0.15) is 25.3 Å². The van der Waals surface area contributed by atoms with Crippen molar-refractivity contribution in [2.24, 2.45) is 11.8 Å². The van der Waals surface area contributed by atoms with Crippen molar-refractivity contribution in [3.63, 3.8) is 0 Å². The molecule has 2 aliphatic rings. The van der Waals surface area contributed by atoms with Crippen molar-refractivity contribution in [1.82, 2.24) is 4.90 Å². The summed E-state index contributed by atoms with van der Waals surface area (Å²) in [5.41, 5.74) is 0.672. The van der Waals surface area contributed by atoms with Gasteiger partial charge in [-0.2, -0.15) is 0 Å². The van der Waals surface area contributed by atoms with E-state index >= 15 is 0 Å². The standard InChI is InChI=1S/C20H21FN2O5/c1-11-7-8-13(9-16(11)21)22-18(25)12(2)28-17(24)10-23-19(26)14-5-3-4-6-15(14)20(23)27/h3-4,7-9,12,14-15H,5-6,10H2,1-2H3,(H,22,25)/t12-,14-,15+/m1/s1. The first-order valence-electron chi connectivity index (χ1n) is 9.04. The van der Waals surface area contributed by atoms with Gasteiger partial charge in [0, 0.05) is 5.69 Å². The summed E-state index contributed by atoms with van der Waals surface area (Å²) in [6.45, 7) is 2.43. The second-order valence-corrected chi connectivity index (χ2v) is 7.00. The van der Waals surface area contributed by atoms with E-state index in [1.165, 1.54) is 25.1 Å². The van der Waals surface area contributed by atoms with Crippen LogP contribution in [0.15, 0.2) is 30.4 Å². The zero-order valence-electron chi connectivity index (χ0n) is 15.6. The summed E-state index contributed by atoms with van der Waals surface area (Å²) in [6, 6.07) is 4.21. The Hall–Kier alpha value is -3.03. The Balaban J connectivity index is 1.55. The molecule has 0 spiro atoms. The lowest BCUT2D eigenvalue weighted by atomic mass is 9.85. The number of nitrogens with one attached hydrogen (secondary N) is 1. The topological polar surface area (TPSA) is 92.8 Å². The molecule has 148 valence electrons. The fourth-order valence-electron chi connectivity index (χ4n) is 3.36. The average molecular weight is 388 g/mol. The number of rotatable bonds is 5. The second kappa shape index (κ2) is 7.92. The van der Waals surface area contributed by atoms with E-state index in [4.69, 9.17) is 4.74 Å². The van der Waals surface area contributed by atoms with Crippen LogP contribution in [0.5, 0.6) is 0 Å². The molecule has 1 fully saturated rings. The van der Waals surface area contributed by atoms with Crippen molar-refractivity contribution in [3.8, 4) is 0 Å². The number of nitrogens with zero attached hydrogens (tertiary/aromatic N) is 1. The number of benzene rings is 1. The third-order valence-corrected chi connectivity index (χ3v) is 5.00. The fraction of sp³-hybridized carbons (Fsp3) is 0.400. The van der Waals surface area contributed by atoms with Crippen molar-refractivity contribution < 1.29 is 28.3 Å². The van der Waals surface area contributed by atoms with Crippen LogP contribution in [0.3, 0.4) is 0 Å². The minimum atomic E-state index is -1.17. The number of carbonyl (C=O) groups is 4. The van der Waals surface area contributed by atoms with E-state index in [1.807, 2.05) is 12.2 Å². The highest BCUT2D eigenvalue weighted by Gasteiger charge is 2.47. The number of ether oxygens (including phenoxy) is 1. The van der Waals surface area contributed by atoms with Crippen LogP contribution in [0.2, 0.25) is 0 Å². The molecule has 1 aromatic rings. The molecule has 0 aromatic heterocycles. The number of imide groups is 1. The van der Waals surface area contributed by atoms with Gasteiger partial charge in [-0.3, -0.25) is 24.1 Å². The van der Waals surface area contributed by atoms with Gasteiger partial charge in [0.2, 0.25) is 11.8 Å². The molecular weight excluding hydrogens is 367 g/mol. The quantitative estimate of drug-likeness (QED) is 0.473. The number of carbonyl (C=O) groups excluding carboxylic acids is 4. The summed E-state index contributed by atoms with van der Waals surface area (Å²) < 4.78 is 18.6. The Morgan fingerprint density at radius 1 is 1.21 bits per heavy atom. The minimum Gasteiger partial charge on any atom is -0.451 e. The molecule has 3 amide bonds. The van der Waals surface area contributed by atoms with Crippen LogP contribution in [0.25, 0.3) is 0 Å². The van der Waals surface area contributed by atoms with E-state index in [1.54, 1.807) is 6.92 Å². The predicted molar refractivity (Wildman–Crippen MR) is 97.4 cm³/mol. The van der Waals surface area contributed by atoms with Crippen LogP contribution in [0.4, 0.5) is 10.1 Å². The number of amides is 3. The molecular formula is C20H21FN2O5. The number of hydrogen-bond acceptors (Lipinski definition) is 5. The first-order chi connectivity index (χ1) is 13.3. The lowest BCUT2D eigenvalue weighted by Gasteiger charge is -2.17. The molecule has 0 saturated carbocycles. The summed E-state index contributed by atoms with van der Waals surface area (Å²) in [5, 5.41) is 2.46. The van der Waals surface area contributed by atoms with Crippen LogP contribution in [0, 0.1) is 24.6 Å². The highest BCUT2D eigenvalue weighted by atomic mass is 19.1. The van der Waals surface area contributed by atoms with Crippen LogP contribution in [-0.2, 0) is 23.9 Å². The normalized spacial score (nSPS) is 22.0. The maximum atomic E-state index is 13.6. The molecule has 1 aliphatic heterocycles. The predicted octanol–water partition coefficient (Wildman–Crippen LogP) is 1.96. The van der Waals surface area contributed by atoms with Gasteiger partial charge in [0.15, 0.2) is 6.10 Å². The summed E-state index contributed by atoms with van der Waals surface area (Å²) in [6.07, 6.45) is 3.50. The number of aryl methyl sites for hydroxylation is 1. The molecule has 0 unspecified atom stereocenters. The highest BCUT2D eigenvalue weighted by Crippen LogP contribution is 2.34. The first-order valence-corrected chi connectivity index (χ1v) is 9.04. The summed E-state index contributed by atoms with van der Waals surface area (Å²) >= 11 is 0. The van der Waals surface area contributed by atoms with Gasteiger partial charge < -0.3 is 10.1 Å². The maximum Gasteiger partial charge on any atom is 0.326 e. The van der Waals surface area contributed by atoms with Crippen molar-refractivity contribution in [1.29, 1.82) is 0 Å². The van der Waals surface area contributed by atoms with E-state index in [-0.39, 0.29) is 17.5 Å². The monoisotopic (exact) mass is 388 g/mol. The number of allylic oxidation sites excluding steroid dienone is 2. The van der Waals surface area contributed by atoms with E-state index in [0.717, 1.165) is 4.90 Å². The zero-order chi connectivity index (χ0) is 20.4. The second-order valence-electron chi connectivity index (χ2n) is 7.00. The third kappa shape index (κ3) is 3.95. The molecule has 1 saturated heterocycles. The number of halogens is 1. The Kier molecular flexibility index (Phi) is 5.58. The summed E-state index contributed by atoms with van der Waals surface area (Å²) in [7, 11) is 0. The van der Waals surface area contributed by atoms with E-state index in [9.17, 15) is 23.6 Å². The third-order valence-electron chi connectivity index (χ3n) is 5.00. The van der Waals surface area contributed by atoms with Crippen LogP contribution < -0.4 is 5.32 Å². The van der Waals surface area contributed by atoms with Gasteiger partial charge >= 0.3 is 5.97 Å².